The molecule has 3 atom stereocenters. The number of ether oxygens (including phenoxy) is 3. The summed E-state index contributed by atoms with van der Waals surface area (Å²) in [6, 6.07) is 25.7. The predicted molar refractivity (Wildman–Crippen MR) is 258 cm³/mol. The Bertz CT molecular complexity index is 1470. The Kier molecular flexibility index (Phi) is 20.7. The van der Waals surface area contributed by atoms with Crippen molar-refractivity contribution >= 4 is 25.0 Å². The van der Waals surface area contributed by atoms with Crippen LogP contribution in [0, 0.1) is 0 Å². The summed E-state index contributed by atoms with van der Waals surface area (Å²) in [6.07, 6.45) is 9.69. The van der Waals surface area contributed by atoms with Crippen molar-refractivity contribution in [2.75, 3.05) is 19.8 Å². The Hall–Kier alpha value is -3.19. The van der Waals surface area contributed by atoms with Crippen molar-refractivity contribution in [3.05, 3.63) is 126 Å². The van der Waals surface area contributed by atoms with E-state index in [1.165, 1.54) is 0 Å². The molecule has 6 nitrogen and oxygen atoms in total. The summed E-state index contributed by atoms with van der Waals surface area (Å²) >= 11 is 0. The van der Waals surface area contributed by atoms with E-state index >= 15 is 0 Å². The zero-order valence-electron chi connectivity index (χ0n) is 38.4. The Morgan fingerprint density at radius 2 is 0.695 bits per heavy atom. The highest BCUT2D eigenvalue weighted by atomic mass is 28.4. The van der Waals surface area contributed by atoms with E-state index in [9.17, 15) is 0 Å². The Morgan fingerprint density at radius 3 is 0.898 bits per heavy atom. The standard InChI is InChI=1S/C50H78O6Si3/c1-14-20-23-47(54-57(8,9)17-4)38-51-44-32-26-41(27-33-44)50(7,42-28-34-45(35-29-42)52-39-48(24-21-15-2)55-58(10,11)18-5)43-30-36-46(37-31-43)53-40-49(25-22-16-3)56-59(12,13)19-6/h17-19,26-37,47-49H,4-6,14-16,20-25,38-40H2,1-3,7-13H3. The highest BCUT2D eigenvalue weighted by Crippen LogP contribution is 2.41. The van der Waals surface area contributed by atoms with Crippen molar-refractivity contribution in [3.8, 4) is 17.2 Å². The normalized spacial score (nSPS) is 14.7. The molecule has 0 radical (unpaired) electrons. The van der Waals surface area contributed by atoms with E-state index in [4.69, 9.17) is 27.5 Å². The molecule has 0 amide bonds. The summed E-state index contributed by atoms with van der Waals surface area (Å²) in [4.78, 5) is 0. The van der Waals surface area contributed by atoms with E-state index in [1.54, 1.807) is 0 Å². The Morgan fingerprint density at radius 1 is 0.458 bits per heavy atom. The molecule has 0 fully saturated rings. The number of rotatable bonds is 30. The van der Waals surface area contributed by atoms with Crippen LogP contribution in [0.25, 0.3) is 0 Å². The molecule has 3 unspecified atom stereocenters. The van der Waals surface area contributed by atoms with Gasteiger partial charge in [-0.15, -0.1) is 19.7 Å². The van der Waals surface area contributed by atoms with Crippen molar-refractivity contribution in [2.45, 2.75) is 148 Å². The second kappa shape index (κ2) is 24.3. The van der Waals surface area contributed by atoms with Crippen LogP contribution in [0.1, 0.15) is 102 Å². The Balaban J connectivity index is 1.92. The van der Waals surface area contributed by atoms with Gasteiger partial charge in [0, 0.05) is 5.41 Å². The van der Waals surface area contributed by atoms with Gasteiger partial charge in [0.05, 0.1) is 18.3 Å². The minimum Gasteiger partial charge on any atom is -0.491 e. The third-order valence-electron chi connectivity index (χ3n) is 11.1. The summed E-state index contributed by atoms with van der Waals surface area (Å²) in [5, 5.41) is 0. The molecular weight excluding hydrogens is 781 g/mol. The number of benzene rings is 3. The van der Waals surface area contributed by atoms with Gasteiger partial charge in [0.2, 0.25) is 25.0 Å². The van der Waals surface area contributed by atoms with Crippen LogP contribution >= 0.6 is 0 Å². The minimum absolute atomic E-state index is 0.0362. The molecule has 3 aromatic rings. The van der Waals surface area contributed by atoms with Crippen LogP contribution in [0.15, 0.2) is 110 Å². The van der Waals surface area contributed by atoms with E-state index in [1.807, 2.05) is 17.1 Å². The van der Waals surface area contributed by atoms with Crippen molar-refractivity contribution in [1.82, 2.24) is 0 Å². The van der Waals surface area contributed by atoms with Crippen LogP contribution in [0.5, 0.6) is 17.2 Å². The molecule has 0 bridgehead atoms. The molecule has 0 aliphatic rings. The molecule has 0 heterocycles. The maximum atomic E-state index is 6.53. The van der Waals surface area contributed by atoms with Crippen LogP contribution in [-0.2, 0) is 18.7 Å². The fraction of sp³-hybridized carbons (Fsp3) is 0.520. The first-order chi connectivity index (χ1) is 28.0. The smallest absolute Gasteiger partial charge is 0.211 e. The predicted octanol–water partition coefficient (Wildman–Crippen LogP) is 13.7. The molecule has 9 heteroatoms. The van der Waals surface area contributed by atoms with Crippen LogP contribution in [0.4, 0.5) is 0 Å². The van der Waals surface area contributed by atoms with Gasteiger partial charge >= 0.3 is 0 Å². The van der Waals surface area contributed by atoms with Crippen LogP contribution in [0.3, 0.4) is 0 Å². The summed E-state index contributed by atoms with van der Waals surface area (Å²) in [6.45, 7) is 35.6. The maximum absolute atomic E-state index is 6.53. The fourth-order valence-corrected chi connectivity index (χ4v) is 10.4. The molecule has 0 spiro atoms. The molecule has 0 aliphatic heterocycles. The molecule has 0 aliphatic carbocycles. The van der Waals surface area contributed by atoms with Crippen molar-refractivity contribution < 1.29 is 27.5 Å². The first-order valence-corrected chi connectivity index (χ1v) is 31.1. The van der Waals surface area contributed by atoms with Crippen molar-refractivity contribution in [1.29, 1.82) is 0 Å². The highest BCUT2D eigenvalue weighted by molar-refractivity contribution is 6.76. The Labute approximate surface area is 362 Å². The lowest BCUT2D eigenvalue weighted by Gasteiger charge is -2.32. The van der Waals surface area contributed by atoms with Gasteiger partial charge < -0.3 is 27.5 Å². The largest absolute Gasteiger partial charge is 0.491 e. The van der Waals surface area contributed by atoms with Gasteiger partial charge in [-0.25, -0.2) is 0 Å². The lowest BCUT2D eigenvalue weighted by atomic mass is 9.71. The monoisotopic (exact) mass is 859 g/mol. The van der Waals surface area contributed by atoms with E-state index in [0.717, 1.165) is 91.7 Å². The zero-order valence-corrected chi connectivity index (χ0v) is 41.4. The molecular formula is C50H78O6Si3. The quantitative estimate of drug-likeness (QED) is 0.0492. The molecule has 0 N–H and O–H groups in total. The second-order valence-corrected chi connectivity index (χ2v) is 29.3. The van der Waals surface area contributed by atoms with Gasteiger partial charge in [0.15, 0.2) is 0 Å². The number of hydrogen-bond acceptors (Lipinski definition) is 6. The molecule has 326 valence electrons. The third-order valence-corrected chi connectivity index (χ3v) is 16.9. The summed E-state index contributed by atoms with van der Waals surface area (Å²) in [5.41, 5.74) is 8.96. The highest BCUT2D eigenvalue weighted by Gasteiger charge is 2.32. The van der Waals surface area contributed by atoms with Crippen LogP contribution in [0.2, 0.25) is 39.3 Å². The van der Waals surface area contributed by atoms with Gasteiger partial charge in [-0.05, 0) is 119 Å². The van der Waals surface area contributed by atoms with Gasteiger partial charge in [0.1, 0.15) is 37.1 Å². The molecule has 59 heavy (non-hydrogen) atoms. The van der Waals surface area contributed by atoms with E-state index in [-0.39, 0.29) is 18.3 Å². The second-order valence-electron chi connectivity index (χ2n) is 17.7. The number of unbranched alkanes of at least 4 members (excludes halogenated alkanes) is 3. The van der Waals surface area contributed by atoms with Crippen molar-refractivity contribution in [3.63, 3.8) is 0 Å². The molecule has 3 aromatic carbocycles. The molecule has 0 saturated heterocycles. The van der Waals surface area contributed by atoms with E-state index in [2.05, 4.69) is 160 Å². The van der Waals surface area contributed by atoms with Gasteiger partial charge in [-0.2, -0.15) is 0 Å². The maximum Gasteiger partial charge on any atom is 0.211 e. The average Bonchev–Trinajstić information content (AvgIpc) is 3.23. The van der Waals surface area contributed by atoms with Crippen LogP contribution < -0.4 is 14.2 Å². The van der Waals surface area contributed by atoms with E-state index < -0.39 is 30.4 Å². The summed E-state index contributed by atoms with van der Waals surface area (Å²) in [5.74, 6) is 2.49. The zero-order chi connectivity index (χ0) is 43.5. The number of hydrogen-bond donors (Lipinski definition) is 0. The van der Waals surface area contributed by atoms with E-state index in [0.29, 0.717) is 19.8 Å². The van der Waals surface area contributed by atoms with Crippen LogP contribution in [-0.4, -0.2) is 63.1 Å². The minimum atomic E-state index is -1.95. The summed E-state index contributed by atoms with van der Waals surface area (Å²) in [7, 11) is -5.86. The molecule has 3 rings (SSSR count). The topological polar surface area (TPSA) is 55.4 Å². The molecule has 0 saturated carbocycles. The SMILES string of the molecule is C=C[Si](C)(C)OC(CCCC)COc1ccc(C(C)(c2ccc(OCC(CCCC)O[Si](C)(C)C=C)cc2)c2ccc(OCC(CCCC)O[Si](C)(C)C=C)cc2)cc1. The fourth-order valence-electron chi connectivity index (χ4n) is 6.98. The van der Waals surface area contributed by atoms with Gasteiger partial charge in [0.25, 0.3) is 0 Å². The lowest BCUT2D eigenvalue weighted by molar-refractivity contribution is 0.114. The average molecular weight is 859 g/mol. The third kappa shape index (κ3) is 16.7. The lowest BCUT2D eigenvalue weighted by Crippen LogP contribution is -2.36. The first-order valence-electron chi connectivity index (χ1n) is 22.2. The summed E-state index contributed by atoms with van der Waals surface area (Å²) < 4.78 is 38.7. The van der Waals surface area contributed by atoms with Gasteiger partial charge in [-0.3, -0.25) is 0 Å². The van der Waals surface area contributed by atoms with Crippen molar-refractivity contribution in [2.24, 2.45) is 0 Å². The van der Waals surface area contributed by atoms with Gasteiger partial charge in [-0.1, -0.05) is 113 Å². The first kappa shape index (κ1) is 50.2. The molecule has 0 aromatic heterocycles.